The number of fused-ring (bicyclic) bond motifs is 3. The summed E-state index contributed by atoms with van der Waals surface area (Å²) in [4.78, 5) is 30.1. The Labute approximate surface area is 184 Å². The molecule has 2 saturated heterocycles. The zero-order valence-corrected chi connectivity index (χ0v) is 18.5. The van der Waals surface area contributed by atoms with Crippen LogP contribution in [0, 0.1) is 17.3 Å². The van der Waals surface area contributed by atoms with Crippen molar-refractivity contribution in [1.82, 2.24) is 9.80 Å². The van der Waals surface area contributed by atoms with Gasteiger partial charge in [-0.1, -0.05) is 43.3 Å². The molecule has 4 aliphatic rings. The Balaban J connectivity index is 1.23. The highest BCUT2D eigenvalue weighted by Crippen LogP contribution is 2.53. The van der Waals surface area contributed by atoms with Crippen molar-refractivity contribution in [3.63, 3.8) is 0 Å². The molecule has 2 aliphatic carbocycles. The number of ketones is 1. The van der Waals surface area contributed by atoms with Crippen LogP contribution >= 0.6 is 0 Å². The molecule has 5 rings (SSSR count). The Morgan fingerprint density at radius 1 is 1.06 bits per heavy atom. The lowest BCUT2D eigenvalue weighted by molar-refractivity contribution is -0.144. The van der Waals surface area contributed by atoms with E-state index < -0.39 is 0 Å². The minimum absolute atomic E-state index is 0.0576. The van der Waals surface area contributed by atoms with E-state index in [-0.39, 0.29) is 35.1 Å². The van der Waals surface area contributed by atoms with Gasteiger partial charge in [0.05, 0.1) is 5.92 Å². The molecule has 1 aromatic rings. The third-order valence-corrected chi connectivity index (χ3v) is 7.89. The van der Waals surface area contributed by atoms with Crippen LogP contribution in [0.1, 0.15) is 32.3 Å². The molecular weight excluding hydrogens is 388 g/mol. The van der Waals surface area contributed by atoms with Crippen molar-refractivity contribution >= 4 is 11.8 Å². The van der Waals surface area contributed by atoms with Crippen LogP contribution in [-0.2, 0) is 20.9 Å². The van der Waals surface area contributed by atoms with Gasteiger partial charge >= 0.3 is 5.97 Å². The molecule has 0 amide bonds. The first kappa shape index (κ1) is 20.7. The first-order valence-electron chi connectivity index (χ1n) is 11.6. The van der Waals surface area contributed by atoms with Crippen molar-refractivity contribution in [2.24, 2.45) is 17.3 Å². The molecule has 3 fully saturated rings. The van der Waals surface area contributed by atoms with E-state index in [2.05, 4.69) is 47.1 Å². The van der Waals surface area contributed by atoms with Gasteiger partial charge in [0.2, 0.25) is 0 Å². The Morgan fingerprint density at radius 2 is 1.77 bits per heavy atom. The minimum atomic E-state index is -0.232. The molecule has 5 nitrogen and oxygen atoms in total. The quantitative estimate of drug-likeness (QED) is 0.700. The molecule has 0 bridgehead atoms. The van der Waals surface area contributed by atoms with E-state index in [9.17, 15) is 9.59 Å². The number of ether oxygens (including phenoxy) is 1. The van der Waals surface area contributed by atoms with Gasteiger partial charge in [-0.3, -0.25) is 19.4 Å². The summed E-state index contributed by atoms with van der Waals surface area (Å²) in [7, 11) is 0. The number of esters is 1. The average molecular weight is 421 g/mol. The Hall–Kier alpha value is -2.24. The average Bonchev–Trinajstić information content (AvgIpc) is 3.08. The lowest BCUT2D eigenvalue weighted by Crippen LogP contribution is -2.49. The molecule has 0 aromatic heterocycles. The molecule has 31 heavy (non-hydrogen) atoms. The summed E-state index contributed by atoms with van der Waals surface area (Å²) < 4.78 is 5.95. The Kier molecular flexibility index (Phi) is 5.35. The van der Waals surface area contributed by atoms with Crippen molar-refractivity contribution < 1.29 is 14.3 Å². The lowest BCUT2D eigenvalue weighted by atomic mass is 9.61. The molecule has 2 aliphatic heterocycles. The third kappa shape index (κ3) is 3.79. The fourth-order valence-corrected chi connectivity index (χ4v) is 6.03. The highest BCUT2D eigenvalue weighted by atomic mass is 16.6. The zero-order valence-electron chi connectivity index (χ0n) is 18.5. The highest BCUT2D eigenvalue weighted by molar-refractivity contribution is 6.05. The second-order valence-corrected chi connectivity index (χ2v) is 9.88. The van der Waals surface area contributed by atoms with Crippen molar-refractivity contribution in [1.29, 1.82) is 0 Å². The topological polar surface area (TPSA) is 49.9 Å². The predicted molar refractivity (Wildman–Crippen MR) is 119 cm³/mol. The molecule has 0 radical (unpaired) electrons. The first-order valence-corrected chi connectivity index (χ1v) is 11.6. The number of benzene rings is 1. The standard InChI is InChI=1S/C26H32N2O3/c1-18-22(29)9-11-26(2)10-8-20-21(25(30)31-24(20)23(18)26)17-28-14-12-27(13-15-28)16-19-6-4-3-5-7-19/h3-7,9,11,20-21,24H,8,10,12-17H2,1-2H3. The van der Waals surface area contributed by atoms with E-state index in [4.69, 9.17) is 4.74 Å². The summed E-state index contributed by atoms with van der Waals surface area (Å²) >= 11 is 0. The van der Waals surface area contributed by atoms with Gasteiger partial charge in [0.25, 0.3) is 0 Å². The van der Waals surface area contributed by atoms with Crippen LogP contribution in [0.3, 0.4) is 0 Å². The first-order chi connectivity index (χ1) is 14.9. The van der Waals surface area contributed by atoms with Gasteiger partial charge in [-0.2, -0.15) is 0 Å². The largest absolute Gasteiger partial charge is 0.457 e. The molecule has 1 aromatic carbocycles. The highest BCUT2D eigenvalue weighted by Gasteiger charge is 2.54. The van der Waals surface area contributed by atoms with Gasteiger partial charge in [0, 0.05) is 56.2 Å². The van der Waals surface area contributed by atoms with E-state index >= 15 is 0 Å². The van der Waals surface area contributed by atoms with Gasteiger partial charge < -0.3 is 4.74 Å². The number of hydrogen-bond acceptors (Lipinski definition) is 5. The molecule has 0 N–H and O–H groups in total. The molecule has 5 heteroatoms. The SMILES string of the molecule is CC1=C2C3OC(=O)C(CN4CCN(Cc5ccccc5)CC4)C3CCC2(C)C=CC1=O. The van der Waals surface area contributed by atoms with Crippen LogP contribution in [0.2, 0.25) is 0 Å². The number of allylic oxidation sites excluding steroid dienone is 3. The van der Waals surface area contributed by atoms with E-state index in [0.717, 1.165) is 63.3 Å². The molecule has 1 saturated carbocycles. The summed E-state index contributed by atoms with van der Waals surface area (Å²) in [5, 5.41) is 0. The van der Waals surface area contributed by atoms with E-state index in [0.29, 0.717) is 0 Å². The smallest absolute Gasteiger partial charge is 0.311 e. The number of rotatable bonds is 4. The zero-order chi connectivity index (χ0) is 21.6. The fourth-order valence-electron chi connectivity index (χ4n) is 6.03. The maximum atomic E-state index is 12.9. The minimum Gasteiger partial charge on any atom is -0.457 e. The molecular formula is C26H32N2O3. The number of piperazine rings is 1. The van der Waals surface area contributed by atoms with Crippen LogP contribution in [0.25, 0.3) is 0 Å². The monoisotopic (exact) mass is 420 g/mol. The van der Waals surface area contributed by atoms with Crippen molar-refractivity contribution in [2.45, 2.75) is 39.3 Å². The molecule has 4 atom stereocenters. The number of carbonyl (C=O) groups is 2. The van der Waals surface area contributed by atoms with Crippen LogP contribution in [0.4, 0.5) is 0 Å². The summed E-state index contributed by atoms with van der Waals surface area (Å²) in [6.07, 6.45) is 5.44. The number of carbonyl (C=O) groups excluding carboxylic acids is 2. The second kappa shape index (κ2) is 8.03. The summed E-state index contributed by atoms with van der Waals surface area (Å²) in [5.41, 5.74) is 3.03. The van der Waals surface area contributed by atoms with Crippen LogP contribution in [-0.4, -0.2) is 60.4 Å². The second-order valence-electron chi connectivity index (χ2n) is 9.88. The fraction of sp³-hybridized carbons (Fsp3) is 0.538. The summed E-state index contributed by atoms with van der Waals surface area (Å²) in [5.74, 6) is 0.0825. The summed E-state index contributed by atoms with van der Waals surface area (Å²) in [6.45, 7) is 9.83. The van der Waals surface area contributed by atoms with Crippen LogP contribution in [0.15, 0.2) is 53.6 Å². The number of hydrogen-bond donors (Lipinski definition) is 0. The van der Waals surface area contributed by atoms with Crippen LogP contribution in [0.5, 0.6) is 0 Å². The lowest BCUT2D eigenvalue weighted by Gasteiger charge is -2.43. The van der Waals surface area contributed by atoms with Gasteiger partial charge in [0.15, 0.2) is 5.78 Å². The number of nitrogens with zero attached hydrogens (tertiary/aromatic N) is 2. The maximum absolute atomic E-state index is 12.9. The maximum Gasteiger partial charge on any atom is 0.311 e. The predicted octanol–water partition coefficient (Wildman–Crippen LogP) is 3.22. The molecule has 164 valence electrons. The van der Waals surface area contributed by atoms with E-state index in [1.54, 1.807) is 6.08 Å². The summed E-state index contributed by atoms with van der Waals surface area (Å²) in [6, 6.07) is 10.6. The van der Waals surface area contributed by atoms with Gasteiger partial charge in [0.1, 0.15) is 6.10 Å². The van der Waals surface area contributed by atoms with E-state index in [1.807, 2.05) is 13.0 Å². The normalized spacial score (nSPS) is 33.9. The van der Waals surface area contributed by atoms with Crippen LogP contribution < -0.4 is 0 Å². The molecule has 4 unspecified atom stereocenters. The Morgan fingerprint density at radius 3 is 2.52 bits per heavy atom. The Bertz CT molecular complexity index is 929. The van der Waals surface area contributed by atoms with Gasteiger partial charge in [-0.25, -0.2) is 0 Å². The van der Waals surface area contributed by atoms with Crippen molar-refractivity contribution in [2.75, 3.05) is 32.7 Å². The molecule has 0 spiro atoms. The third-order valence-electron chi connectivity index (χ3n) is 7.89. The van der Waals surface area contributed by atoms with E-state index in [1.165, 1.54) is 5.56 Å². The van der Waals surface area contributed by atoms with Gasteiger partial charge in [-0.15, -0.1) is 0 Å². The van der Waals surface area contributed by atoms with Gasteiger partial charge in [-0.05, 0) is 37.0 Å². The van der Waals surface area contributed by atoms with Crippen molar-refractivity contribution in [3.8, 4) is 0 Å². The van der Waals surface area contributed by atoms with Crippen molar-refractivity contribution in [3.05, 3.63) is 59.2 Å². The molecule has 2 heterocycles.